The van der Waals surface area contributed by atoms with Gasteiger partial charge in [0.25, 0.3) is 0 Å². The summed E-state index contributed by atoms with van der Waals surface area (Å²) in [6.07, 6.45) is 15.1. The first-order valence-electron chi connectivity index (χ1n) is 12.5. The van der Waals surface area contributed by atoms with E-state index in [1.54, 1.807) is 5.57 Å². The maximum Gasteiger partial charge on any atom is 0.0839 e. The van der Waals surface area contributed by atoms with Crippen LogP contribution in [0, 0.1) is 40.4 Å². The highest BCUT2D eigenvalue weighted by atomic mass is 16.3. The second-order valence-electron chi connectivity index (χ2n) is 11.8. The highest BCUT2D eigenvalue weighted by Crippen LogP contribution is 2.66. The SMILES string of the molecule is CC(C)CCCCC1CCC2C3=CC=C4C[C@@H](O)C(O)C(C)[C@]4(C)C3CC[C@]12C. The fourth-order valence-corrected chi connectivity index (χ4v) is 7.93. The van der Waals surface area contributed by atoms with Crippen LogP contribution in [0.15, 0.2) is 23.3 Å². The van der Waals surface area contributed by atoms with Gasteiger partial charge in [-0.1, -0.05) is 77.2 Å². The molecule has 29 heavy (non-hydrogen) atoms. The number of aliphatic hydroxyl groups is 2. The maximum atomic E-state index is 10.7. The molecule has 2 nitrogen and oxygen atoms in total. The lowest BCUT2D eigenvalue weighted by molar-refractivity contribution is -0.0864. The van der Waals surface area contributed by atoms with Crippen LogP contribution in [0.1, 0.15) is 92.4 Å². The van der Waals surface area contributed by atoms with E-state index >= 15 is 0 Å². The first kappa shape index (κ1) is 21.6. The molecule has 0 aromatic carbocycles. The third-order valence-corrected chi connectivity index (χ3v) is 10.1. The molecule has 0 aromatic rings. The normalized spacial score (nSPS) is 46.6. The second kappa shape index (κ2) is 7.83. The van der Waals surface area contributed by atoms with Crippen molar-refractivity contribution in [3.05, 3.63) is 23.3 Å². The summed E-state index contributed by atoms with van der Waals surface area (Å²) in [5, 5.41) is 21.0. The van der Waals surface area contributed by atoms with Crippen LogP contribution >= 0.6 is 0 Å². The maximum absolute atomic E-state index is 10.7. The summed E-state index contributed by atoms with van der Waals surface area (Å²) in [4.78, 5) is 0. The highest BCUT2D eigenvalue weighted by Gasteiger charge is 2.58. The number of rotatable bonds is 5. The molecule has 2 N–H and O–H groups in total. The highest BCUT2D eigenvalue weighted by molar-refractivity contribution is 5.40. The monoisotopic (exact) mass is 400 g/mol. The number of hydrogen-bond acceptors (Lipinski definition) is 2. The summed E-state index contributed by atoms with van der Waals surface area (Å²) in [6.45, 7) is 11.8. The molecule has 8 atom stereocenters. The van der Waals surface area contributed by atoms with Crippen molar-refractivity contribution < 1.29 is 10.2 Å². The van der Waals surface area contributed by atoms with Gasteiger partial charge in [-0.25, -0.2) is 0 Å². The molecule has 4 aliphatic carbocycles. The summed E-state index contributed by atoms with van der Waals surface area (Å²) in [6, 6.07) is 0. The van der Waals surface area contributed by atoms with E-state index in [2.05, 4.69) is 46.8 Å². The zero-order valence-electron chi connectivity index (χ0n) is 19.5. The van der Waals surface area contributed by atoms with Crippen LogP contribution in [0.25, 0.3) is 0 Å². The van der Waals surface area contributed by atoms with Crippen molar-refractivity contribution in [1.29, 1.82) is 0 Å². The topological polar surface area (TPSA) is 40.5 Å². The summed E-state index contributed by atoms with van der Waals surface area (Å²) < 4.78 is 0. The quantitative estimate of drug-likeness (QED) is 0.533. The molecule has 4 aliphatic rings. The Morgan fingerprint density at radius 2 is 1.79 bits per heavy atom. The van der Waals surface area contributed by atoms with Crippen molar-refractivity contribution in [3.63, 3.8) is 0 Å². The Morgan fingerprint density at radius 1 is 1.03 bits per heavy atom. The Balaban J connectivity index is 1.54. The molecular formula is C27H44O2. The Bertz CT molecular complexity index is 676. The number of unbranched alkanes of at least 4 members (excludes halogenated alkanes) is 1. The zero-order chi connectivity index (χ0) is 21.0. The van der Waals surface area contributed by atoms with Crippen molar-refractivity contribution in [2.75, 3.05) is 0 Å². The third-order valence-electron chi connectivity index (χ3n) is 10.1. The molecule has 4 rings (SSSR count). The molecule has 0 aromatic heterocycles. The van der Waals surface area contributed by atoms with Gasteiger partial charge in [-0.05, 0) is 73.5 Å². The third kappa shape index (κ3) is 3.37. The lowest BCUT2D eigenvalue weighted by Crippen LogP contribution is -2.54. The van der Waals surface area contributed by atoms with E-state index in [0.717, 1.165) is 17.8 Å². The van der Waals surface area contributed by atoms with E-state index in [0.29, 0.717) is 17.8 Å². The molecular weight excluding hydrogens is 356 g/mol. The number of hydrogen-bond donors (Lipinski definition) is 2. The van der Waals surface area contributed by atoms with Gasteiger partial charge in [-0.3, -0.25) is 0 Å². The second-order valence-corrected chi connectivity index (χ2v) is 11.8. The fraction of sp³-hybridized carbons (Fsp3) is 0.852. The van der Waals surface area contributed by atoms with E-state index in [9.17, 15) is 10.2 Å². The van der Waals surface area contributed by atoms with Crippen LogP contribution in [0.4, 0.5) is 0 Å². The van der Waals surface area contributed by atoms with Gasteiger partial charge in [-0.15, -0.1) is 0 Å². The molecule has 0 bridgehead atoms. The van der Waals surface area contributed by atoms with Crippen molar-refractivity contribution >= 4 is 0 Å². The Kier molecular flexibility index (Phi) is 5.84. The first-order valence-corrected chi connectivity index (χ1v) is 12.5. The van der Waals surface area contributed by atoms with Crippen LogP contribution in [0.2, 0.25) is 0 Å². The minimum atomic E-state index is -0.602. The minimum Gasteiger partial charge on any atom is -0.390 e. The lowest BCUT2D eigenvalue weighted by atomic mass is 9.47. The van der Waals surface area contributed by atoms with Crippen molar-refractivity contribution in [3.8, 4) is 0 Å². The van der Waals surface area contributed by atoms with E-state index in [-0.39, 0.29) is 11.3 Å². The van der Waals surface area contributed by atoms with Gasteiger partial charge < -0.3 is 10.2 Å². The van der Waals surface area contributed by atoms with Crippen LogP contribution in [-0.2, 0) is 0 Å². The summed E-state index contributed by atoms with van der Waals surface area (Å²) in [7, 11) is 0. The van der Waals surface area contributed by atoms with Gasteiger partial charge in [0, 0.05) is 5.41 Å². The minimum absolute atomic E-state index is 0.0133. The molecule has 0 aliphatic heterocycles. The van der Waals surface area contributed by atoms with Crippen LogP contribution < -0.4 is 0 Å². The van der Waals surface area contributed by atoms with E-state index in [1.807, 2.05) is 0 Å². The lowest BCUT2D eigenvalue weighted by Gasteiger charge is -2.58. The van der Waals surface area contributed by atoms with E-state index in [4.69, 9.17) is 0 Å². The Morgan fingerprint density at radius 3 is 2.52 bits per heavy atom. The number of aliphatic hydroxyl groups excluding tert-OH is 2. The molecule has 0 heterocycles. The fourth-order valence-electron chi connectivity index (χ4n) is 7.93. The molecule has 3 saturated carbocycles. The predicted molar refractivity (Wildman–Crippen MR) is 120 cm³/mol. The van der Waals surface area contributed by atoms with Gasteiger partial charge in [0.15, 0.2) is 0 Å². The zero-order valence-corrected chi connectivity index (χ0v) is 19.5. The smallest absolute Gasteiger partial charge is 0.0839 e. The molecule has 0 spiro atoms. The Hall–Kier alpha value is -0.600. The van der Waals surface area contributed by atoms with Crippen LogP contribution in [0.3, 0.4) is 0 Å². The van der Waals surface area contributed by atoms with E-state index in [1.165, 1.54) is 56.9 Å². The molecule has 3 fully saturated rings. The molecule has 0 saturated heterocycles. The van der Waals surface area contributed by atoms with Gasteiger partial charge >= 0.3 is 0 Å². The van der Waals surface area contributed by atoms with E-state index < -0.39 is 12.2 Å². The van der Waals surface area contributed by atoms with Gasteiger partial charge in [0.1, 0.15) is 0 Å². The summed E-state index contributed by atoms with van der Waals surface area (Å²) >= 11 is 0. The van der Waals surface area contributed by atoms with Crippen molar-refractivity contribution in [2.24, 2.45) is 40.4 Å². The van der Waals surface area contributed by atoms with Gasteiger partial charge in [-0.2, -0.15) is 0 Å². The van der Waals surface area contributed by atoms with Gasteiger partial charge in [0.05, 0.1) is 12.2 Å². The summed E-state index contributed by atoms with van der Waals surface area (Å²) in [5.74, 6) is 3.11. The van der Waals surface area contributed by atoms with Crippen molar-refractivity contribution in [1.82, 2.24) is 0 Å². The first-order chi connectivity index (χ1) is 13.7. The van der Waals surface area contributed by atoms with Crippen LogP contribution in [0.5, 0.6) is 0 Å². The largest absolute Gasteiger partial charge is 0.390 e. The Labute approximate surface area is 178 Å². The molecule has 0 radical (unpaired) electrons. The standard InChI is InChI=1S/C27H44O2/c1-17(2)8-6-7-9-19-11-13-22-21-12-10-20-16-24(28)25(29)18(3)27(20,5)23(21)14-15-26(19,22)4/h10,12,17-19,22-25,28-29H,6-9,11,13-16H2,1-5H3/t18?,19?,22?,23?,24-,25?,26-,27+/m1/s1. The van der Waals surface area contributed by atoms with Crippen molar-refractivity contribution in [2.45, 2.75) is 105 Å². The molecule has 5 unspecified atom stereocenters. The molecule has 2 heteroatoms. The number of fused-ring (bicyclic) bond motifs is 5. The number of allylic oxidation sites excluding steroid dienone is 3. The van der Waals surface area contributed by atoms with Crippen LogP contribution in [-0.4, -0.2) is 22.4 Å². The van der Waals surface area contributed by atoms with Gasteiger partial charge in [0.2, 0.25) is 0 Å². The molecule has 164 valence electrons. The average Bonchev–Trinajstić information content (AvgIpc) is 3.01. The summed E-state index contributed by atoms with van der Waals surface area (Å²) in [5.41, 5.74) is 3.55. The molecule has 0 amide bonds. The average molecular weight is 401 g/mol. The predicted octanol–water partition coefficient (Wildman–Crippen LogP) is 6.28.